The van der Waals surface area contributed by atoms with Crippen molar-refractivity contribution in [2.45, 2.75) is 26.7 Å². The first kappa shape index (κ1) is 18.1. The van der Waals surface area contributed by atoms with Crippen LogP contribution in [0.3, 0.4) is 0 Å². The van der Waals surface area contributed by atoms with E-state index in [1.165, 1.54) is 14.0 Å². The van der Waals surface area contributed by atoms with Gasteiger partial charge in [-0.05, 0) is 25.5 Å². The van der Waals surface area contributed by atoms with Gasteiger partial charge < -0.3 is 34.3 Å². The first-order valence-electron chi connectivity index (χ1n) is 8.29. The number of hydrogen-bond donors (Lipinski definition) is 3. The zero-order valence-electron chi connectivity index (χ0n) is 15.2. The third kappa shape index (κ3) is 2.26. The molecule has 3 N–H and O–H groups in total. The maximum atomic E-state index is 12.8. The van der Waals surface area contributed by atoms with E-state index >= 15 is 0 Å². The zero-order chi connectivity index (χ0) is 20.3. The largest absolute Gasteiger partial charge is 0.507 e. The number of carbonyl (C=O) groups is 2. The van der Waals surface area contributed by atoms with Crippen molar-refractivity contribution in [2.75, 3.05) is 7.11 Å². The number of aromatic hydroxyl groups is 1. The number of benzene rings is 2. The molecule has 0 aromatic heterocycles. The lowest BCUT2D eigenvalue weighted by Crippen LogP contribution is -2.11. The summed E-state index contributed by atoms with van der Waals surface area (Å²) >= 11 is 0. The maximum Gasteiger partial charge on any atom is 0.347 e. The molecule has 28 heavy (non-hydrogen) atoms. The number of aryl methyl sites for hydroxylation is 1. The van der Waals surface area contributed by atoms with Crippen LogP contribution in [0.2, 0.25) is 0 Å². The minimum Gasteiger partial charge on any atom is -0.507 e. The SMILES string of the molecule is COc1cc(C)c2c(c1CO)Oc1c(c(C)c(O)c3c1[C@H](O)OC3=O)OC2=O. The minimum atomic E-state index is -1.72. The summed E-state index contributed by atoms with van der Waals surface area (Å²) in [6.45, 7) is 2.56. The number of carbonyl (C=O) groups excluding carboxylic acids is 2. The van der Waals surface area contributed by atoms with Crippen LogP contribution in [0.4, 0.5) is 0 Å². The third-order valence-corrected chi connectivity index (χ3v) is 4.84. The van der Waals surface area contributed by atoms with Crippen LogP contribution in [0.15, 0.2) is 6.07 Å². The van der Waals surface area contributed by atoms with Crippen LogP contribution in [0.1, 0.15) is 49.3 Å². The number of hydrogen-bond acceptors (Lipinski definition) is 9. The van der Waals surface area contributed by atoms with Crippen molar-refractivity contribution in [3.8, 4) is 28.7 Å². The van der Waals surface area contributed by atoms with E-state index in [0.717, 1.165) is 0 Å². The van der Waals surface area contributed by atoms with Crippen molar-refractivity contribution < 1.29 is 43.9 Å². The van der Waals surface area contributed by atoms with E-state index in [-0.39, 0.29) is 50.8 Å². The van der Waals surface area contributed by atoms with E-state index in [1.807, 2.05) is 0 Å². The van der Waals surface area contributed by atoms with Crippen molar-refractivity contribution in [2.24, 2.45) is 0 Å². The Hall–Kier alpha value is -3.30. The molecule has 2 aliphatic heterocycles. The number of fused-ring (bicyclic) bond motifs is 4. The second-order valence-electron chi connectivity index (χ2n) is 6.41. The summed E-state index contributed by atoms with van der Waals surface area (Å²) in [7, 11) is 1.40. The molecule has 146 valence electrons. The smallest absolute Gasteiger partial charge is 0.347 e. The predicted octanol–water partition coefficient (Wildman–Crippen LogP) is 2.00. The van der Waals surface area contributed by atoms with Crippen LogP contribution >= 0.6 is 0 Å². The van der Waals surface area contributed by atoms with Gasteiger partial charge in [0, 0.05) is 5.56 Å². The molecule has 0 saturated heterocycles. The topological polar surface area (TPSA) is 132 Å². The van der Waals surface area contributed by atoms with Crippen molar-refractivity contribution in [3.63, 3.8) is 0 Å². The number of esters is 2. The fourth-order valence-electron chi connectivity index (χ4n) is 3.46. The number of aliphatic hydroxyl groups excluding tert-OH is 2. The van der Waals surface area contributed by atoms with Crippen LogP contribution in [-0.4, -0.2) is 34.4 Å². The highest BCUT2D eigenvalue weighted by Crippen LogP contribution is 2.53. The molecular weight excluding hydrogens is 372 g/mol. The van der Waals surface area contributed by atoms with Gasteiger partial charge in [0.25, 0.3) is 0 Å². The standard InChI is InChI=1S/C19H16O9/c1-6-4-9(25-3)8(5-20)15-10(6)17(22)27-14-7(2)13(21)11-12(16(14)26-15)19(24)28-18(11)23/h4,19-21,24H,5H2,1-3H3/t19-/m1/s1. The molecule has 1 atom stereocenters. The highest BCUT2D eigenvalue weighted by atomic mass is 16.6. The monoisotopic (exact) mass is 388 g/mol. The summed E-state index contributed by atoms with van der Waals surface area (Å²) in [6.07, 6.45) is -1.72. The fraction of sp³-hybridized carbons (Fsp3) is 0.263. The van der Waals surface area contributed by atoms with E-state index < -0.39 is 30.6 Å². The van der Waals surface area contributed by atoms with Crippen molar-refractivity contribution in [1.29, 1.82) is 0 Å². The molecule has 0 aliphatic carbocycles. The van der Waals surface area contributed by atoms with E-state index in [1.54, 1.807) is 13.0 Å². The number of methoxy groups -OCH3 is 1. The van der Waals surface area contributed by atoms with Crippen molar-refractivity contribution in [1.82, 2.24) is 0 Å². The number of cyclic esters (lactones) is 1. The lowest BCUT2D eigenvalue weighted by Gasteiger charge is -2.18. The Morgan fingerprint density at radius 2 is 1.79 bits per heavy atom. The van der Waals surface area contributed by atoms with Gasteiger partial charge in [-0.15, -0.1) is 0 Å². The summed E-state index contributed by atoms with van der Waals surface area (Å²) in [6, 6.07) is 1.56. The number of phenolic OH excluding ortho intramolecular Hbond substituents is 1. The maximum absolute atomic E-state index is 12.8. The number of ether oxygens (including phenoxy) is 4. The van der Waals surface area contributed by atoms with E-state index in [4.69, 9.17) is 18.9 Å². The van der Waals surface area contributed by atoms with E-state index in [9.17, 15) is 24.9 Å². The Kier molecular flexibility index (Phi) is 3.95. The number of rotatable bonds is 2. The number of aliphatic hydroxyl groups is 2. The quantitative estimate of drug-likeness (QED) is 0.522. The Labute approximate surface area is 158 Å². The Balaban J connectivity index is 2.08. The van der Waals surface area contributed by atoms with Gasteiger partial charge in [-0.2, -0.15) is 0 Å². The summed E-state index contributed by atoms with van der Waals surface area (Å²) in [5, 5.41) is 30.4. The van der Waals surface area contributed by atoms with Gasteiger partial charge in [-0.1, -0.05) is 0 Å². The van der Waals surface area contributed by atoms with Gasteiger partial charge in [-0.3, -0.25) is 0 Å². The van der Waals surface area contributed by atoms with Gasteiger partial charge >= 0.3 is 11.9 Å². The molecule has 9 nitrogen and oxygen atoms in total. The first-order valence-corrected chi connectivity index (χ1v) is 8.29. The average molecular weight is 388 g/mol. The normalized spacial score (nSPS) is 17.0. The van der Waals surface area contributed by atoms with Crippen LogP contribution in [0.25, 0.3) is 0 Å². The molecule has 0 saturated carbocycles. The van der Waals surface area contributed by atoms with Crippen molar-refractivity contribution >= 4 is 11.9 Å². The first-order chi connectivity index (χ1) is 13.3. The van der Waals surface area contributed by atoms with Gasteiger partial charge in [-0.25, -0.2) is 9.59 Å². The second kappa shape index (κ2) is 6.11. The van der Waals surface area contributed by atoms with Gasteiger partial charge in [0.2, 0.25) is 6.29 Å². The Morgan fingerprint density at radius 1 is 1.07 bits per heavy atom. The zero-order valence-corrected chi connectivity index (χ0v) is 15.2. The molecule has 4 rings (SSSR count). The minimum absolute atomic E-state index is 0.0260. The molecule has 0 radical (unpaired) electrons. The average Bonchev–Trinajstić information content (AvgIpc) is 2.85. The molecule has 0 bridgehead atoms. The lowest BCUT2D eigenvalue weighted by molar-refractivity contribution is -0.0555. The highest BCUT2D eigenvalue weighted by Gasteiger charge is 2.42. The molecule has 2 aromatic carbocycles. The third-order valence-electron chi connectivity index (χ3n) is 4.84. The molecule has 2 aromatic rings. The predicted molar refractivity (Wildman–Crippen MR) is 91.9 cm³/mol. The van der Waals surface area contributed by atoms with Gasteiger partial charge in [0.1, 0.15) is 22.6 Å². The van der Waals surface area contributed by atoms with Gasteiger partial charge in [0.05, 0.1) is 24.8 Å². The summed E-state index contributed by atoms with van der Waals surface area (Å²) < 4.78 is 21.4. The van der Waals surface area contributed by atoms with Crippen LogP contribution in [-0.2, 0) is 11.3 Å². The van der Waals surface area contributed by atoms with Crippen molar-refractivity contribution in [3.05, 3.63) is 39.4 Å². The second-order valence-corrected chi connectivity index (χ2v) is 6.41. The summed E-state index contributed by atoms with van der Waals surface area (Å²) in [4.78, 5) is 24.8. The Morgan fingerprint density at radius 3 is 2.43 bits per heavy atom. The van der Waals surface area contributed by atoms with Crippen LogP contribution in [0, 0.1) is 13.8 Å². The van der Waals surface area contributed by atoms with Crippen LogP contribution in [0.5, 0.6) is 28.7 Å². The van der Waals surface area contributed by atoms with E-state index in [2.05, 4.69) is 0 Å². The highest BCUT2D eigenvalue weighted by molar-refractivity contribution is 6.02. The fourth-order valence-corrected chi connectivity index (χ4v) is 3.46. The molecule has 2 aliphatic rings. The van der Waals surface area contributed by atoms with Crippen LogP contribution < -0.4 is 14.2 Å². The molecule has 0 amide bonds. The lowest BCUT2D eigenvalue weighted by atomic mass is 10.0. The van der Waals surface area contributed by atoms with E-state index in [0.29, 0.717) is 5.56 Å². The number of phenols is 1. The molecule has 9 heteroatoms. The molecular formula is C19H16O9. The molecule has 2 heterocycles. The Bertz CT molecular complexity index is 1050. The summed E-state index contributed by atoms with van der Waals surface area (Å²) in [5.74, 6) is -2.25. The van der Waals surface area contributed by atoms with Gasteiger partial charge in [0.15, 0.2) is 17.2 Å². The summed E-state index contributed by atoms with van der Waals surface area (Å²) in [5.41, 5.74) is 0.339. The molecule has 0 spiro atoms. The molecule has 0 fully saturated rings. The molecule has 0 unspecified atom stereocenters.